The summed E-state index contributed by atoms with van der Waals surface area (Å²) in [5.41, 5.74) is 1.55. The maximum absolute atomic E-state index is 11.0. The van der Waals surface area contributed by atoms with Gasteiger partial charge in [-0.3, -0.25) is 4.79 Å². The monoisotopic (exact) mass is 237 g/mol. The molecule has 3 heteroatoms. The number of halogens is 1. The Balaban J connectivity index is 3.06. The summed E-state index contributed by atoms with van der Waals surface area (Å²) < 4.78 is 0. The maximum atomic E-state index is 11.0. The molecule has 1 aromatic rings. The largest absolute Gasteiger partial charge is 0.367 e. The van der Waals surface area contributed by atoms with Crippen LogP contribution in [0.1, 0.15) is 23.7 Å². The molecular weight excluding hydrogens is 222 g/mol. The van der Waals surface area contributed by atoms with Gasteiger partial charge in [0.2, 0.25) is 0 Å². The molecule has 0 aliphatic heterocycles. The van der Waals surface area contributed by atoms with E-state index >= 15 is 0 Å². The molecule has 0 heterocycles. The topological polar surface area (TPSA) is 20.3 Å². The van der Waals surface area contributed by atoms with E-state index in [2.05, 4.69) is 18.4 Å². The quantitative estimate of drug-likeness (QED) is 0.557. The summed E-state index contributed by atoms with van der Waals surface area (Å²) in [6.07, 6.45) is 3.70. The van der Waals surface area contributed by atoms with Gasteiger partial charge in [0.15, 0.2) is 6.29 Å². The van der Waals surface area contributed by atoms with Crippen LogP contribution in [0.25, 0.3) is 0 Å². The van der Waals surface area contributed by atoms with Gasteiger partial charge in [0.05, 0.1) is 0 Å². The lowest BCUT2D eigenvalue weighted by Gasteiger charge is -2.24. The van der Waals surface area contributed by atoms with Crippen LogP contribution in [0.15, 0.2) is 30.9 Å². The van der Waals surface area contributed by atoms with E-state index in [-0.39, 0.29) is 0 Å². The van der Waals surface area contributed by atoms with E-state index in [0.717, 1.165) is 31.5 Å². The number of nitrogens with zero attached hydrogens (tertiary/aromatic N) is 1. The normalized spacial score (nSPS) is 9.88. The number of carbonyl (C=O) groups is 1. The smallest absolute Gasteiger partial charge is 0.152 e. The second-order valence-electron chi connectivity index (χ2n) is 3.56. The Labute approximate surface area is 102 Å². The first-order valence-electron chi connectivity index (χ1n) is 5.33. The number of hydrogen-bond acceptors (Lipinski definition) is 2. The third-order valence-electron chi connectivity index (χ3n) is 2.30. The minimum absolute atomic E-state index is 0.584. The molecule has 0 saturated carbocycles. The van der Waals surface area contributed by atoms with E-state index in [0.29, 0.717) is 10.6 Å². The highest BCUT2D eigenvalue weighted by Gasteiger charge is 2.09. The number of aldehydes is 1. The summed E-state index contributed by atoms with van der Waals surface area (Å²) in [6, 6.07) is 5.37. The molecule has 0 atom stereocenters. The molecule has 16 heavy (non-hydrogen) atoms. The summed E-state index contributed by atoms with van der Waals surface area (Å²) in [6.45, 7) is 7.46. The van der Waals surface area contributed by atoms with Crippen molar-refractivity contribution in [2.24, 2.45) is 0 Å². The van der Waals surface area contributed by atoms with Crippen molar-refractivity contribution in [1.29, 1.82) is 0 Å². The summed E-state index contributed by atoms with van der Waals surface area (Å²) in [7, 11) is 0. The van der Waals surface area contributed by atoms with Gasteiger partial charge in [-0.25, -0.2) is 0 Å². The van der Waals surface area contributed by atoms with Gasteiger partial charge in [0.25, 0.3) is 0 Å². The van der Waals surface area contributed by atoms with E-state index in [1.807, 2.05) is 12.1 Å². The van der Waals surface area contributed by atoms with Crippen LogP contribution in [0.5, 0.6) is 0 Å². The fraction of sp³-hybridized carbons (Fsp3) is 0.308. The Bertz CT molecular complexity index is 376. The SMILES string of the molecule is C=CCN(CCC)c1ccc(Cl)cc1C=O. The van der Waals surface area contributed by atoms with Crippen LogP contribution in [0.3, 0.4) is 0 Å². The zero-order valence-electron chi connectivity index (χ0n) is 9.45. The average Bonchev–Trinajstić information content (AvgIpc) is 2.28. The fourth-order valence-corrected chi connectivity index (χ4v) is 1.82. The Morgan fingerprint density at radius 2 is 2.25 bits per heavy atom. The number of rotatable bonds is 6. The molecule has 86 valence electrons. The maximum Gasteiger partial charge on any atom is 0.152 e. The van der Waals surface area contributed by atoms with Crippen molar-refractivity contribution < 1.29 is 4.79 Å². The lowest BCUT2D eigenvalue weighted by molar-refractivity contribution is 0.112. The molecule has 0 N–H and O–H groups in total. The highest BCUT2D eigenvalue weighted by Crippen LogP contribution is 2.23. The van der Waals surface area contributed by atoms with Crippen molar-refractivity contribution in [2.75, 3.05) is 18.0 Å². The molecule has 1 aromatic carbocycles. The van der Waals surface area contributed by atoms with Crippen LogP contribution in [-0.2, 0) is 0 Å². The van der Waals surface area contributed by atoms with E-state index in [1.54, 1.807) is 12.1 Å². The lowest BCUT2D eigenvalue weighted by Crippen LogP contribution is -2.25. The molecule has 0 aromatic heterocycles. The Morgan fingerprint density at radius 3 is 2.81 bits per heavy atom. The first kappa shape index (κ1) is 12.8. The molecule has 2 nitrogen and oxygen atoms in total. The predicted molar refractivity (Wildman–Crippen MR) is 69.5 cm³/mol. The highest BCUT2D eigenvalue weighted by molar-refractivity contribution is 6.31. The van der Waals surface area contributed by atoms with Gasteiger partial charge in [0, 0.05) is 29.4 Å². The molecule has 0 fully saturated rings. The first-order chi connectivity index (χ1) is 7.72. The van der Waals surface area contributed by atoms with Crippen molar-refractivity contribution in [3.8, 4) is 0 Å². The van der Waals surface area contributed by atoms with Gasteiger partial charge in [-0.15, -0.1) is 6.58 Å². The van der Waals surface area contributed by atoms with Crippen molar-refractivity contribution in [1.82, 2.24) is 0 Å². The molecule has 0 radical (unpaired) electrons. The Hall–Kier alpha value is -1.28. The second kappa shape index (κ2) is 6.33. The average molecular weight is 238 g/mol. The van der Waals surface area contributed by atoms with Gasteiger partial charge in [-0.2, -0.15) is 0 Å². The predicted octanol–water partition coefficient (Wildman–Crippen LogP) is 3.55. The van der Waals surface area contributed by atoms with Crippen LogP contribution >= 0.6 is 11.6 Å². The zero-order chi connectivity index (χ0) is 12.0. The van der Waals surface area contributed by atoms with Gasteiger partial charge < -0.3 is 4.90 Å². The van der Waals surface area contributed by atoms with Crippen LogP contribution in [-0.4, -0.2) is 19.4 Å². The van der Waals surface area contributed by atoms with Gasteiger partial charge in [0.1, 0.15) is 0 Å². The van der Waals surface area contributed by atoms with Crippen LogP contribution in [0, 0.1) is 0 Å². The molecular formula is C13H16ClNO. The molecule has 0 aliphatic rings. The molecule has 0 unspecified atom stereocenters. The molecule has 0 saturated heterocycles. The van der Waals surface area contributed by atoms with Crippen LogP contribution < -0.4 is 4.90 Å². The number of anilines is 1. The number of hydrogen-bond donors (Lipinski definition) is 0. The van der Waals surface area contributed by atoms with E-state index in [9.17, 15) is 4.79 Å². The molecule has 0 bridgehead atoms. The van der Waals surface area contributed by atoms with Crippen molar-refractivity contribution in [3.63, 3.8) is 0 Å². The van der Waals surface area contributed by atoms with E-state index < -0.39 is 0 Å². The zero-order valence-corrected chi connectivity index (χ0v) is 10.2. The number of benzene rings is 1. The van der Waals surface area contributed by atoms with Crippen molar-refractivity contribution >= 4 is 23.6 Å². The highest BCUT2D eigenvalue weighted by atomic mass is 35.5. The summed E-state index contributed by atoms with van der Waals surface area (Å²) in [4.78, 5) is 13.1. The molecule has 0 spiro atoms. The summed E-state index contributed by atoms with van der Waals surface area (Å²) in [5.74, 6) is 0. The lowest BCUT2D eigenvalue weighted by atomic mass is 10.1. The van der Waals surface area contributed by atoms with Gasteiger partial charge >= 0.3 is 0 Å². The Kier molecular flexibility index (Phi) is 5.06. The standard InChI is InChI=1S/C13H16ClNO/c1-3-7-15(8-4-2)13-6-5-12(14)9-11(13)10-16/h3,5-6,9-10H,1,4,7-8H2,2H3. The minimum atomic E-state index is 0.584. The fourth-order valence-electron chi connectivity index (χ4n) is 1.64. The summed E-state index contributed by atoms with van der Waals surface area (Å²) >= 11 is 5.86. The first-order valence-corrected chi connectivity index (χ1v) is 5.71. The van der Waals surface area contributed by atoms with Gasteiger partial charge in [-0.1, -0.05) is 24.6 Å². The van der Waals surface area contributed by atoms with E-state index in [1.165, 1.54) is 0 Å². The van der Waals surface area contributed by atoms with Crippen molar-refractivity contribution in [3.05, 3.63) is 41.4 Å². The summed E-state index contributed by atoms with van der Waals surface area (Å²) in [5, 5.41) is 0.584. The van der Waals surface area contributed by atoms with E-state index in [4.69, 9.17) is 11.6 Å². The third-order valence-corrected chi connectivity index (χ3v) is 2.54. The molecule has 0 aliphatic carbocycles. The number of carbonyl (C=O) groups excluding carboxylic acids is 1. The minimum Gasteiger partial charge on any atom is -0.367 e. The van der Waals surface area contributed by atoms with Crippen LogP contribution in [0.2, 0.25) is 5.02 Å². The Morgan fingerprint density at radius 1 is 1.50 bits per heavy atom. The third kappa shape index (κ3) is 3.11. The molecule has 0 amide bonds. The van der Waals surface area contributed by atoms with Crippen molar-refractivity contribution in [2.45, 2.75) is 13.3 Å². The van der Waals surface area contributed by atoms with Crippen LogP contribution in [0.4, 0.5) is 5.69 Å². The second-order valence-corrected chi connectivity index (χ2v) is 3.99. The van der Waals surface area contributed by atoms with Gasteiger partial charge in [-0.05, 0) is 24.6 Å². The molecule has 1 rings (SSSR count).